The van der Waals surface area contributed by atoms with Crippen molar-refractivity contribution in [3.63, 3.8) is 0 Å². The summed E-state index contributed by atoms with van der Waals surface area (Å²) in [5.74, 6) is 0.0451. The molecule has 34 heavy (non-hydrogen) atoms. The highest BCUT2D eigenvalue weighted by molar-refractivity contribution is 9.10. The van der Waals surface area contributed by atoms with Crippen LogP contribution in [0.25, 0.3) is 0 Å². The van der Waals surface area contributed by atoms with Gasteiger partial charge in [-0.05, 0) is 76.8 Å². The van der Waals surface area contributed by atoms with Gasteiger partial charge >= 0.3 is 11.9 Å². The molecule has 1 saturated heterocycles. The van der Waals surface area contributed by atoms with E-state index in [1.54, 1.807) is 42.5 Å². The van der Waals surface area contributed by atoms with Crippen LogP contribution in [0, 0.1) is 0 Å². The lowest BCUT2D eigenvalue weighted by Gasteiger charge is -2.11. The van der Waals surface area contributed by atoms with E-state index >= 15 is 0 Å². The normalized spacial score (nSPS) is 15.0. The lowest BCUT2D eigenvalue weighted by molar-refractivity contribution is 0.0161. The maximum Gasteiger partial charge on any atom is 0.343 e. The van der Waals surface area contributed by atoms with Crippen LogP contribution in [0.4, 0.5) is 0 Å². The molecule has 0 aromatic heterocycles. The van der Waals surface area contributed by atoms with Crippen LogP contribution in [-0.4, -0.2) is 37.9 Å². The maximum atomic E-state index is 12.6. The zero-order valence-electron chi connectivity index (χ0n) is 18.6. The minimum absolute atomic E-state index is 0.0239. The van der Waals surface area contributed by atoms with Crippen LogP contribution in [0.3, 0.4) is 0 Å². The van der Waals surface area contributed by atoms with Crippen molar-refractivity contribution in [2.75, 3.05) is 19.8 Å². The van der Waals surface area contributed by atoms with E-state index in [0.717, 1.165) is 19.3 Å². The van der Waals surface area contributed by atoms with Gasteiger partial charge in [0.2, 0.25) is 0 Å². The molecule has 1 aliphatic rings. The molecule has 0 radical (unpaired) electrons. The lowest BCUT2D eigenvalue weighted by Crippen LogP contribution is -2.17. The molecule has 0 spiro atoms. The van der Waals surface area contributed by atoms with Crippen LogP contribution in [0.2, 0.25) is 0 Å². The van der Waals surface area contributed by atoms with Gasteiger partial charge in [0, 0.05) is 13.0 Å². The summed E-state index contributed by atoms with van der Waals surface area (Å²) in [6, 6.07) is 21.4. The van der Waals surface area contributed by atoms with Crippen LogP contribution in [0.15, 0.2) is 77.3 Å². The average molecular weight is 525 g/mol. The number of rotatable bonds is 9. The van der Waals surface area contributed by atoms with Crippen molar-refractivity contribution in [2.24, 2.45) is 0 Å². The van der Waals surface area contributed by atoms with Crippen molar-refractivity contribution >= 4 is 27.9 Å². The molecule has 176 valence electrons. The van der Waals surface area contributed by atoms with E-state index < -0.39 is 11.9 Å². The first-order chi connectivity index (χ1) is 16.6. The number of hydrogen-bond donors (Lipinski definition) is 0. The van der Waals surface area contributed by atoms with Crippen LogP contribution < -0.4 is 9.47 Å². The molecule has 3 aromatic carbocycles. The molecule has 1 aliphatic heterocycles. The highest BCUT2D eigenvalue weighted by Gasteiger charge is 2.18. The Bertz CT molecular complexity index is 1110. The van der Waals surface area contributed by atoms with E-state index in [-0.39, 0.29) is 12.7 Å². The second kappa shape index (κ2) is 11.8. The van der Waals surface area contributed by atoms with E-state index in [0.29, 0.717) is 40.3 Å². The Morgan fingerprint density at radius 2 is 1.71 bits per heavy atom. The summed E-state index contributed by atoms with van der Waals surface area (Å²) in [5.41, 5.74) is 1.96. The fourth-order valence-corrected chi connectivity index (χ4v) is 4.01. The van der Waals surface area contributed by atoms with E-state index in [1.807, 2.05) is 18.2 Å². The van der Waals surface area contributed by atoms with Gasteiger partial charge in [0.05, 0.1) is 28.3 Å². The van der Waals surface area contributed by atoms with Crippen LogP contribution >= 0.6 is 15.9 Å². The Labute approximate surface area is 206 Å². The third kappa shape index (κ3) is 6.68. The first kappa shape index (κ1) is 24.0. The van der Waals surface area contributed by atoms with Gasteiger partial charge in [-0.25, -0.2) is 9.59 Å². The molecular weight excluding hydrogens is 500 g/mol. The fraction of sp³-hybridized carbons (Fsp3) is 0.259. The van der Waals surface area contributed by atoms with Gasteiger partial charge in [-0.2, -0.15) is 0 Å². The molecule has 3 aromatic rings. The zero-order chi connectivity index (χ0) is 23.8. The third-order valence-corrected chi connectivity index (χ3v) is 6.00. The van der Waals surface area contributed by atoms with E-state index in [1.165, 1.54) is 5.56 Å². The fourth-order valence-electron chi connectivity index (χ4n) is 3.52. The van der Waals surface area contributed by atoms with Gasteiger partial charge in [0.1, 0.15) is 18.1 Å². The molecular formula is C27H25BrO6. The van der Waals surface area contributed by atoms with Crippen molar-refractivity contribution in [3.8, 4) is 11.5 Å². The predicted molar refractivity (Wildman–Crippen MR) is 130 cm³/mol. The quantitative estimate of drug-likeness (QED) is 0.267. The number of ether oxygens (including phenoxy) is 4. The summed E-state index contributed by atoms with van der Waals surface area (Å²) < 4.78 is 22.7. The molecule has 1 atom stereocenters. The predicted octanol–water partition coefficient (Wildman–Crippen LogP) is 5.63. The SMILES string of the molecule is O=C(OCC1CCCO1)c1ccc(OC(=O)c2ccc(OCCc3ccccc3)c(Br)c2)cc1. The number of carbonyl (C=O) groups excluding carboxylic acids is 2. The van der Waals surface area contributed by atoms with Gasteiger partial charge in [-0.1, -0.05) is 30.3 Å². The Hall–Kier alpha value is -3.16. The molecule has 0 N–H and O–H groups in total. The average Bonchev–Trinajstić information content (AvgIpc) is 3.38. The Morgan fingerprint density at radius 3 is 2.41 bits per heavy atom. The molecule has 7 heteroatoms. The van der Waals surface area contributed by atoms with Crippen LogP contribution in [0.1, 0.15) is 39.1 Å². The van der Waals surface area contributed by atoms with Crippen molar-refractivity contribution < 1.29 is 28.5 Å². The van der Waals surface area contributed by atoms with Gasteiger partial charge in [0.25, 0.3) is 0 Å². The molecule has 1 fully saturated rings. The number of halogens is 1. The number of benzene rings is 3. The molecule has 4 rings (SSSR count). The molecule has 0 amide bonds. The van der Waals surface area contributed by atoms with Crippen LogP contribution in [0.5, 0.6) is 11.5 Å². The Balaban J connectivity index is 1.27. The summed E-state index contributed by atoms with van der Waals surface area (Å²) in [6.45, 7) is 1.48. The number of carbonyl (C=O) groups is 2. The van der Waals surface area contributed by atoms with E-state index in [2.05, 4.69) is 28.1 Å². The smallest absolute Gasteiger partial charge is 0.343 e. The number of hydrogen-bond acceptors (Lipinski definition) is 6. The van der Waals surface area contributed by atoms with E-state index in [9.17, 15) is 9.59 Å². The standard InChI is InChI=1S/C27H25BrO6/c28-24-17-21(10-13-25(24)32-16-14-19-5-2-1-3-6-19)27(30)34-22-11-8-20(9-12-22)26(29)33-18-23-7-4-15-31-23/h1-3,5-6,8-13,17,23H,4,7,14-16,18H2. The summed E-state index contributed by atoms with van der Waals surface area (Å²) >= 11 is 3.46. The van der Waals surface area contributed by atoms with Crippen molar-refractivity contribution in [2.45, 2.75) is 25.4 Å². The first-order valence-corrected chi connectivity index (χ1v) is 11.9. The van der Waals surface area contributed by atoms with Gasteiger partial charge in [0.15, 0.2) is 0 Å². The van der Waals surface area contributed by atoms with Crippen molar-refractivity contribution in [1.82, 2.24) is 0 Å². The Morgan fingerprint density at radius 1 is 0.941 bits per heavy atom. The molecule has 1 unspecified atom stereocenters. The van der Waals surface area contributed by atoms with Crippen molar-refractivity contribution in [1.29, 1.82) is 0 Å². The second-order valence-corrected chi connectivity index (χ2v) is 8.73. The zero-order valence-corrected chi connectivity index (χ0v) is 20.2. The number of esters is 2. The van der Waals surface area contributed by atoms with Gasteiger partial charge in [-0.3, -0.25) is 0 Å². The Kier molecular flexibility index (Phi) is 8.33. The third-order valence-electron chi connectivity index (χ3n) is 5.38. The maximum absolute atomic E-state index is 12.6. The minimum atomic E-state index is -0.509. The molecule has 0 aliphatic carbocycles. The monoisotopic (exact) mass is 524 g/mol. The highest BCUT2D eigenvalue weighted by Crippen LogP contribution is 2.27. The molecule has 0 saturated carbocycles. The highest BCUT2D eigenvalue weighted by atomic mass is 79.9. The minimum Gasteiger partial charge on any atom is -0.492 e. The topological polar surface area (TPSA) is 71.1 Å². The molecule has 1 heterocycles. The van der Waals surface area contributed by atoms with E-state index in [4.69, 9.17) is 18.9 Å². The van der Waals surface area contributed by atoms with Crippen LogP contribution in [-0.2, 0) is 15.9 Å². The second-order valence-electron chi connectivity index (χ2n) is 7.88. The summed E-state index contributed by atoms with van der Waals surface area (Å²) in [6.07, 6.45) is 2.65. The summed E-state index contributed by atoms with van der Waals surface area (Å²) in [4.78, 5) is 24.7. The molecule has 6 nitrogen and oxygen atoms in total. The van der Waals surface area contributed by atoms with Gasteiger partial charge < -0.3 is 18.9 Å². The summed E-state index contributed by atoms with van der Waals surface area (Å²) in [5, 5.41) is 0. The lowest BCUT2D eigenvalue weighted by atomic mass is 10.2. The largest absolute Gasteiger partial charge is 0.492 e. The van der Waals surface area contributed by atoms with Gasteiger partial charge in [-0.15, -0.1) is 0 Å². The molecule has 0 bridgehead atoms. The first-order valence-electron chi connectivity index (χ1n) is 11.2. The summed E-state index contributed by atoms with van der Waals surface area (Å²) in [7, 11) is 0. The van der Waals surface area contributed by atoms with Crippen molar-refractivity contribution in [3.05, 3.63) is 94.0 Å².